The molecule has 0 spiro atoms. The molecule has 3 N–H and O–H groups in total. The van der Waals surface area contributed by atoms with E-state index in [0.717, 1.165) is 11.3 Å². The van der Waals surface area contributed by atoms with Crippen LogP contribution in [0.5, 0.6) is 0 Å². The van der Waals surface area contributed by atoms with Crippen LogP contribution in [0.3, 0.4) is 0 Å². The van der Waals surface area contributed by atoms with Gasteiger partial charge in [0.15, 0.2) is 0 Å². The molecule has 0 bridgehead atoms. The molecule has 0 saturated carbocycles. The van der Waals surface area contributed by atoms with Crippen molar-refractivity contribution in [1.82, 2.24) is 5.32 Å². The highest BCUT2D eigenvalue weighted by Gasteiger charge is 1.90. The average Bonchev–Trinajstić information content (AvgIpc) is 1.90. The lowest BCUT2D eigenvalue weighted by Gasteiger charge is -2.02. The molecule has 2 nitrogen and oxygen atoms in total. The highest BCUT2D eigenvalue weighted by Crippen LogP contribution is 2.00. The van der Waals surface area contributed by atoms with Crippen LogP contribution in [0.25, 0.3) is 0 Å². The lowest BCUT2D eigenvalue weighted by Crippen LogP contribution is -2.08. The maximum Gasteiger partial charge on any atom is 0.0562 e. The molecule has 9 heavy (non-hydrogen) atoms. The fraction of sp³-hybridized carbons (Fsp3) is 0.143. The van der Waals surface area contributed by atoms with Gasteiger partial charge in [0, 0.05) is 13.2 Å². The van der Waals surface area contributed by atoms with Crippen LogP contribution in [-0.4, -0.2) is 7.05 Å². The predicted octanol–water partition coefficient (Wildman–Crippen LogP) is 0.748. The molecule has 0 radical (unpaired) electrons. The lowest BCUT2D eigenvalue weighted by molar-refractivity contribution is 1.01. The molecule has 0 unspecified atom stereocenters. The largest absolute Gasteiger partial charge is 0.403 e. The van der Waals surface area contributed by atoms with Crippen LogP contribution in [-0.2, 0) is 0 Å². The summed E-state index contributed by atoms with van der Waals surface area (Å²) in [7, 11) is 1.79. The van der Waals surface area contributed by atoms with E-state index in [1.165, 1.54) is 6.20 Å². The molecule has 0 saturated heterocycles. The third-order valence-electron chi connectivity index (χ3n) is 1.03. The number of rotatable bonds is 3. The Hall–Kier alpha value is -1.18. The number of nitrogens with one attached hydrogen (secondary N) is 1. The van der Waals surface area contributed by atoms with Crippen LogP contribution in [0.15, 0.2) is 36.7 Å². The first kappa shape index (κ1) is 7.82. The first-order chi connectivity index (χ1) is 4.26. The van der Waals surface area contributed by atoms with Crippen LogP contribution in [0.2, 0.25) is 0 Å². The van der Waals surface area contributed by atoms with Crippen molar-refractivity contribution < 1.29 is 0 Å². The van der Waals surface area contributed by atoms with Crippen molar-refractivity contribution in [2.24, 2.45) is 5.73 Å². The second-order valence-electron chi connectivity index (χ2n) is 1.56. The van der Waals surface area contributed by atoms with E-state index in [2.05, 4.69) is 18.5 Å². The standard InChI is InChI=1S/C7H12N2/c1-4-6(2)7(5-8)9-3/h4-5,9H,1-2,8H2,3H3/b7-5+. The second kappa shape index (κ2) is 3.78. The molecule has 50 valence electrons. The highest BCUT2D eigenvalue weighted by molar-refractivity contribution is 5.33. The van der Waals surface area contributed by atoms with Crippen LogP contribution in [0.1, 0.15) is 0 Å². The summed E-state index contributed by atoms with van der Waals surface area (Å²) in [5.74, 6) is 0. The highest BCUT2D eigenvalue weighted by atomic mass is 14.8. The molecular weight excluding hydrogens is 112 g/mol. The van der Waals surface area contributed by atoms with Crippen molar-refractivity contribution in [2.45, 2.75) is 0 Å². The fourth-order valence-corrected chi connectivity index (χ4v) is 0.461. The van der Waals surface area contributed by atoms with Gasteiger partial charge in [-0.3, -0.25) is 0 Å². The summed E-state index contributed by atoms with van der Waals surface area (Å²) in [5, 5.41) is 2.87. The Kier molecular flexibility index (Phi) is 3.28. The third kappa shape index (κ3) is 2.04. The van der Waals surface area contributed by atoms with E-state index >= 15 is 0 Å². The fourth-order valence-electron chi connectivity index (χ4n) is 0.461. The van der Waals surface area contributed by atoms with Crippen LogP contribution < -0.4 is 11.1 Å². The molecule has 0 atom stereocenters. The maximum absolute atomic E-state index is 5.23. The van der Waals surface area contributed by atoms with Crippen LogP contribution >= 0.6 is 0 Å². The van der Waals surface area contributed by atoms with Crippen molar-refractivity contribution in [3.05, 3.63) is 36.7 Å². The summed E-state index contributed by atoms with van der Waals surface area (Å²) >= 11 is 0. The van der Waals surface area contributed by atoms with Gasteiger partial charge in [0.2, 0.25) is 0 Å². The Bertz CT molecular complexity index is 145. The van der Waals surface area contributed by atoms with E-state index in [9.17, 15) is 0 Å². The van der Waals surface area contributed by atoms with Crippen molar-refractivity contribution in [3.63, 3.8) is 0 Å². The number of likely N-dealkylation sites (N-methyl/N-ethyl adjacent to an activating group) is 1. The molecule has 2 heteroatoms. The molecule has 0 amide bonds. The van der Waals surface area contributed by atoms with Crippen molar-refractivity contribution in [3.8, 4) is 0 Å². The molecular formula is C7H12N2. The van der Waals surface area contributed by atoms with Gasteiger partial charge in [-0.1, -0.05) is 19.2 Å². The summed E-state index contributed by atoms with van der Waals surface area (Å²) < 4.78 is 0. The minimum Gasteiger partial charge on any atom is -0.403 e. The minimum absolute atomic E-state index is 0.806. The molecule has 0 aromatic rings. The second-order valence-corrected chi connectivity index (χ2v) is 1.56. The molecule has 0 aliphatic heterocycles. The van der Waals surface area contributed by atoms with Crippen LogP contribution in [0.4, 0.5) is 0 Å². The van der Waals surface area contributed by atoms with E-state index in [4.69, 9.17) is 5.73 Å². The van der Waals surface area contributed by atoms with Gasteiger partial charge in [-0.2, -0.15) is 0 Å². The van der Waals surface area contributed by atoms with Gasteiger partial charge < -0.3 is 11.1 Å². The van der Waals surface area contributed by atoms with E-state index in [1.807, 2.05) is 0 Å². The van der Waals surface area contributed by atoms with E-state index in [1.54, 1.807) is 13.1 Å². The Morgan fingerprint density at radius 1 is 1.67 bits per heavy atom. The summed E-state index contributed by atoms with van der Waals surface area (Å²) in [6, 6.07) is 0. The monoisotopic (exact) mass is 124 g/mol. The van der Waals surface area contributed by atoms with Gasteiger partial charge in [0.1, 0.15) is 0 Å². The lowest BCUT2D eigenvalue weighted by atomic mass is 10.2. The SMILES string of the molecule is C=CC(=C)/C(=C\N)NC. The zero-order valence-electron chi connectivity index (χ0n) is 5.65. The normalized spacial score (nSPS) is 10.6. The molecule has 0 fully saturated rings. The molecule has 0 aromatic carbocycles. The van der Waals surface area contributed by atoms with Gasteiger partial charge in [0.05, 0.1) is 5.70 Å². The summed E-state index contributed by atoms with van der Waals surface area (Å²) in [5.41, 5.74) is 6.84. The Morgan fingerprint density at radius 3 is 2.33 bits per heavy atom. The Labute approximate surface area is 55.7 Å². The molecule has 0 heterocycles. The van der Waals surface area contributed by atoms with Gasteiger partial charge in [-0.15, -0.1) is 0 Å². The first-order valence-electron chi connectivity index (χ1n) is 2.67. The van der Waals surface area contributed by atoms with E-state index in [-0.39, 0.29) is 0 Å². The number of nitrogens with two attached hydrogens (primary N) is 1. The van der Waals surface area contributed by atoms with Crippen molar-refractivity contribution in [1.29, 1.82) is 0 Å². The quantitative estimate of drug-likeness (QED) is 0.545. The zero-order chi connectivity index (χ0) is 7.28. The summed E-state index contributed by atoms with van der Waals surface area (Å²) in [6.45, 7) is 7.23. The number of hydrogen-bond acceptors (Lipinski definition) is 2. The van der Waals surface area contributed by atoms with Gasteiger partial charge in [-0.25, -0.2) is 0 Å². The zero-order valence-corrected chi connectivity index (χ0v) is 5.65. The van der Waals surface area contributed by atoms with E-state index < -0.39 is 0 Å². The van der Waals surface area contributed by atoms with Gasteiger partial charge in [-0.05, 0) is 5.57 Å². The first-order valence-corrected chi connectivity index (χ1v) is 2.67. The Morgan fingerprint density at radius 2 is 2.22 bits per heavy atom. The molecule has 0 aromatic heterocycles. The number of hydrogen-bond donors (Lipinski definition) is 2. The molecule has 0 aliphatic carbocycles. The predicted molar refractivity (Wildman–Crippen MR) is 40.7 cm³/mol. The van der Waals surface area contributed by atoms with Crippen molar-refractivity contribution >= 4 is 0 Å². The van der Waals surface area contributed by atoms with Gasteiger partial charge in [0.25, 0.3) is 0 Å². The maximum atomic E-state index is 5.23. The van der Waals surface area contributed by atoms with Crippen LogP contribution in [0, 0.1) is 0 Å². The average molecular weight is 124 g/mol. The van der Waals surface area contributed by atoms with Gasteiger partial charge >= 0.3 is 0 Å². The smallest absolute Gasteiger partial charge is 0.0562 e. The van der Waals surface area contributed by atoms with E-state index in [0.29, 0.717) is 0 Å². The molecule has 0 aliphatic rings. The molecule has 0 rings (SSSR count). The Balaban J connectivity index is 4.13. The van der Waals surface area contributed by atoms with Crippen molar-refractivity contribution in [2.75, 3.05) is 7.05 Å². The minimum atomic E-state index is 0.806. The third-order valence-corrected chi connectivity index (χ3v) is 1.03. The topological polar surface area (TPSA) is 38.0 Å². The number of allylic oxidation sites excluding steroid dienone is 1. The summed E-state index contributed by atoms with van der Waals surface area (Å²) in [4.78, 5) is 0. The summed E-state index contributed by atoms with van der Waals surface area (Å²) in [6.07, 6.45) is 3.11.